The molecule has 0 saturated carbocycles. The molecule has 0 amide bonds. The van der Waals surface area contributed by atoms with Crippen LogP contribution in [0.25, 0.3) is 10.9 Å². The number of halogens is 1. The van der Waals surface area contributed by atoms with Gasteiger partial charge in [0.05, 0.1) is 24.0 Å². The van der Waals surface area contributed by atoms with Crippen LogP contribution in [0.1, 0.15) is 49.0 Å². The van der Waals surface area contributed by atoms with Crippen molar-refractivity contribution < 1.29 is 17.9 Å². The molecule has 31 heavy (non-hydrogen) atoms. The molecule has 164 valence electrons. The number of esters is 1. The van der Waals surface area contributed by atoms with Gasteiger partial charge in [0, 0.05) is 21.6 Å². The number of aromatic nitrogens is 1. The molecule has 1 aliphatic rings. The molecule has 1 aliphatic carbocycles. The number of benzene rings is 2. The van der Waals surface area contributed by atoms with Gasteiger partial charge in [0.1, 0.15) is 0 Å². The second-order valence-electron chi connectivity index (χ2n) is 7.70. The third-order valence-electron chi connectivity index (χ3n) is 5.63. The van der Waals surface area contributed by atoms with E-state index in [0.717, 1.165) is 36.6 Å². The minimum absolute atomic E-state index is 0.154. The number of H-pyrrole nitrogens is 1. The summed E-state index contributed by atoms with van der Waals surface area (Å²) < 4.78 is 34.3. The molecule has 2 N–H and O–H groups in total. The van der Waals surface area contributed by atoms with E-state index in [1.165, 1.54) is 11.3 Å². The molecule has 6 nitrogen and oxygen atoms in total. The molecule has 0 unspecified atom stereocenters. The van der Waals surface area contributed by atoms with Crippen molar-refractivity contribution in [3.05, 3.63) is 64.3 Å². The van der Waals surface area contributed by atoms with Crippen molar-refractivity contribution in [3.63, 3.8) is 0 Å². The number of sulfonamides is 1. The van der Waals surface area contributed by atoms with Crippen LogP contribution < -0.4 is 4.72 Å². The first kappa shape index (κ1) is 21.9. The van der Waals surface area contributed by atoms with Crippen molar-refractivity contribution in [2.45, 2.75) is 50.0 Å². The van der Waals surface area contributed by atoms with Crippen molar-refractivity contribution in [3.8, 4) is 0 Å². The van der Waals surface area contributed by atoms with E-state index >= 15 is 0 Å². The van der Waals surface area contributed by atoms with Crippen LogP contribution in [-0.4, -0.2) is 26.0 Å². The fraction of sp³-hybridized carbons (Fsp3) is 0.348. The molecule has 1 aromatic heterocycles. The first-order valence-corrected chi connectivity index (χ1v) is 12.3. The van der Waals surface area contributed by atoms with Gasteiger partial charge >= 0.3 is 5.97 Å². The van der Waals surface area contributed by atoms with Gasteiger partial charge in [0.25, 0.3) is 0 Å². The molecule has 0 bridgehead atoms. The lowest BCUT2D eigenvalue weighted by Gasteiger charge is -2.20. The van der Waals surface area contributed by atoms with Gasteiger partial charge in [-0.2, -0.15) is 0 Å². The predicted molar refractivity (Wildman–Crippen MR) is 121 cm³/mol. The molecule has 1 atom stereocenters. The summed E-state index contributed by atoms with van der Waals surface area (Å²) in [5.41, 5.74) is 3.87. The second-order valence-corrected chi connectivity index (χ2v) is 9.82. The van der Waals surface area contributed by atoms with Crippen LogP contribution in [0.3, 0.4) is 0 Å². The van der Waals surface area contributed by atoms with E-state index in [0.29, 0.717) is 10.6 Å². The molecule has 1 heterocycles. The van der Waals surface area contributed by atoms with E-state index in [1.807, 2.05) is 0 Å². The van der Waals surface area contributed by atoms with E-state index in [9.17, 15) is 13.2 Å². The number of fused-ring (bicyclic) bond motifs is 3. The summed E-state index contributed by atoms with van der Waals surface area (Å²) in [6.45, 7) is 1.93. The Labute approximate surface area is 187 Å². The smallest absolute Gasteiger partial charge is 0.307 e. The van der Waals surface area contributed by atoms with Gasteiger partial charge in [-0.1, -0.05) is 29.8 Å². The molecule has 8 heteroatoms. The zero-order chi connectivity index (χ0) is 22.0. The number of hydrogen-bond acceptors (Lipinski definition) is 4. The lowest BCUT2D eigenvalue weighted by molar-refractivity contribution is -0.143. The maximum absolute atomic E-state index is 13.3. The van der Waals surface area contributed by atoms with Crippen molar-refractivity contribution in [2.24, 2.45) is 0 Å². The number of ether oxygens (including phenoxy) is 1. The van der Waals surface area contributed by atoms with Gasteiger partial charge in [-0.3, -0.25) is 4.79 Å². The summed E-state index contributed by atoms with van der Waals surface area (Å²) >= 11 is 6.31. The Kier molecular flexibility index (Phi) is 6.36. The van der Waals surface area contributed by atoms with Crippen LogP contribution in [0.2, 0.25) is 5.02 Å². The zero-order valence-corrected chi connectivity index (χ0v) is 18.9. The van der Waals surface area contributed by atoms with Crippen molar-refractivity contribution in [2.75, 3.05) is 6.61 Å². The Balaban J connectivity index is 1.68. The van der Waals surface area contributed by atoms with Gasteiger partial charge in [0.15, 0.2) is 0 Å². The Morgan fingerprint density at radius 1 is 1.19 bits per heavy atom. The molecule has 4 rings (SSSR count). The van der Waals surface area contributed by atoms with Crippen molar-refractivity contribution in [1.29, 1.82) is 0 Å². The monoisotopic (exact) mass is 460 g/mol. The van der Waals surface area contributed by atoms with Crippen molar-refractivity contribution >= 4 is 38.5 Å². The first-order chi connectivity index (χ1) is 14.9. The molecular weight excluding hydrogens is 436 g/mol. The average molecular weight is 461 g/mol. The maximum Gasteiger partial charge on any atom is 0.307 e. The van der Waals surface area contributed by atoms with Gasteiger partial charge in [-0.25, -0.2) is 13.1 Å². The minimum atomic E-state index is -3.91. The Morgan fingerprint density at radius 2 is 1.97 bits per heavy atom. The molecule has 0 spiro atoms. The Morgan fingerprint density at radius 3 is 2.74 bits per heavy atom. The topological polar surface area (TPSA) is 88.3 Å². The number of carbonyl (C=O) groups is 1. The van der Waals surface area contributed by atoms with E-state index < -0.39 is 22.0 Å². The third-order valence-corrected chi connectivity index (χ3v) is 7.45. The summed E-state index contributed by atoms with van der Waals surface area (Å²) in [5.74, 6) is -0.495. The average Bonchev–Trinajstić information content (AvgIpc) is 3.11. The van der Waals surface area contributed by atoms with Crippen LogP contribution in [0.5, 0.6) is 0 Å². The van der Waals surface area contributed by atoms with Gasteiger partial charge in [-0.05, 0) is 68.0 Å². The highest BCUT2D eigenvalue weighted by Crippen LogP contribution is 2.32. The largest absolute Gasteiger partial charge is 0.466 e. The van der Waals surface area contributed by atoms with Gasteiger partial charge in [0.2, 0.25) is 10.0 Å². The van der Waals surface area contributed by atoms with Crippen LogP contribution in [0.15, 0.2) is 47.4 Å². The first-order valence-electron chi connectivity index (χ1n) is 10.4. The highest BCUT2D eigenvalue weighted by Gasteiger charge is 2.27. The van der Waals surface area contributed by atoms with E-state index in [2.05, 4.69) is 9.71 Å². The summed E-state index contributed by atoms with van der Waals surface area (Å²) in [6.07, 6.45) is 4.01. The summed E-state index contributed by atoms with van der Waals surface area (Å²) in [7, 11) is -3.91. The molecule has 0 fully saturated rings. The number of aromatic amines is 1. The Bertz CT molecular complexity index is 1220. The standard InChI is InChI=1S/C23H25ClN2O4S/c1-2-30-23(27)14-22(17-8-3-5-9-19(17)24)26-31(28,29)15-11-12-21-18(13-15)16-7-4-6-10-20(16)25-21/h3,5,8-9,11-13,22,25-26H,2,4,6-7,10,14H2,1H3/t22-/m0/s1. The Hall–Kier alpha value is -2.35. The fourth-order valence-electron chi connectivity index (χ4n) is 4.17. The van der Waals surface area contributed by atoms with Gasteiger partial charge < -0.3 is 9.72 Å². The van der Waals surface area contributed by atoms with Gasteiger partial charge in [-0.15, -0.1) is 0 Å². The fourth-order valence-corrected chi connectivity index (χ4v) is 5.68. The maximum atomic E-state index is 13.3. The minimum Gasteiger partial charge on any atom is -0.466 e. The van der Waals surface area contributed by atoms with E-state index in [1.54, 1.807) is 49.4 Å². The number of carbonyl (C=O) groups excluding carboxylic acids is 1. The van der Waals surface area contributed by atoms with Crippen molar-refractivity contribution in [1.82, 2.24) is 9.71 Å². The number of aryl methyl sites for hydroxylation is 2. The molecule has 0 radical (unpaired) electrons. The number of rotatable bonds is 7. The van der Waals surface area contributed by atoms with E-state index in [-0.39, 0.29) is 17.9 Å². The molecular formula is C23H25ClN2O4S. The molecule has 0 aliphatic heterocycles. The second kappa shape index (κ2) is 9.02. The zero-order valence-electron chi connectivity index (χ0n) is 17.3. The van der Waals surface area contributed by atoms with Crippen LogP contribution in [0, 0.1) is 0 Å². The molecule has 0 saturated heterocycles. The summed E-state index contributed by atoms with van der Waals surface area (Å²) in [4.78, 5) is 15.7. The summed E-state index contributed by atoms with van der Waals surface area (Å²) in [6, 6.07) is 11.2. The third kappa shape index (κ3) is 4.63. The quantitative estimate of drug-likeness (QED) is 0.501. The lowest BCUT2D eigenvalue weighted by Crippen LogP contribution is -2.31. The predicted octanol–water partition coefficient (Wildman–Crippen LogP) is 4.67. The van der Waals surface area contributed by atoms with E-state index in [4.69, 9.17) is 16.3 Å². The normalized spacial score (nSPS) is 14.9. The highest BCUT2D eigenvalue weighted by molar-refractivity contribution is 7.89. The summed E-state index contributed by atoms with van der Waals surface area (Å²) in [5, 5.41) is 1.33. The number of hydrogen-bond donors (Lipinski definition) is 2. The molecule has 3 aromatic rings. The van der Waals surface area contributed by atoms with Crippen LogP contribution >= 0.6 is 11.6 Å². The molecule has 2 aromatic carbocycles. The van der Waals surface area contributed by atoms with Crippen LogP contribution in [-0.2, 0) is 32.4 Å². The highest BCUT2D eigenvalue weighted by atomic mass is 35.5. The van der Waals surface area contributed by atoms with Crippen LogP contribution in [0.4, 0.5) is 0 Å². The number of nitrogens with one attached hydrogen (secondary N) is 2. The lowest BCUT2D eigenvalue weighted by atomic mass is 9.96. The SMILES string of the molecule is CCOC(=O)C[C@H](NS(=O)(=O)c1ccc2[nH]c3c(c2c1)CCCC3)c1ccccc1Cl.